The van der Waals surface area contributed by atoms with Crippen molar-refractivity contribution in [3.8, 4) is 0 Å². The molecule has 0 aliphatic rings. The summed E-state index contributed by atoms with van der Waals surface area (Å²) in [7, 11) is 5.96. The number of carboxylic acids is 1. The van der Waals surface area contributed by atoms with Gasteiger partial charge >= 0.3 is 17.9 Å². The van der Waals surface area contributed by atoms with Crippen molar-refractivity contribution in [2.75, 3.05) is 47.5 Å². The maximum absolute atomic E-state index is 12.8. The van der Waals surface area contributed by atoms with E-state index in [1.807, 2.05) is 21.1 Å². The Morgan fingerprint density at radius 2 is 0.857 bits per heavy atom. The van der Waals surface area contributed by atoms with E-state index in [0.29, 0.717) is 23.9 Å². The zero-order valence-corrected chi connectivity index (χ0v) is 41.7. The number of quaternary nitrogens is 1. The number of rotatable bonds is 48. The smallest absolute Gasteiger partial charge is 0.361 e. The molecule has 0 bridgehead atoms. The highest BCUT2D eigenvalue weighted by Gasteiger charge is 2.25. The van der Waals surface area contributed by atoms with E-state index in [2.05, 4.69) is 50.3 Å². The van der Waals surface area contributed by atoms with E-state index >= 15 is 0 Å². The summed E-state index contributed by atoms with van der Waals surface area (Å²) in [6, 6.07) is 0. The van der Waals surface area contributed by atoms with Gasteiger partial charge in [0.1, 0.15) is 13.2 Å². The van der Waals surface area contributed by atoms with Crippen LogP contribution in [-0.2, 0) is 33.3 Å². The fraction of sp³-hybridized carbons (Fsp3) is 0.833. The van der Waals surface area contributed by atoms with Crippen LogP contribution in [0.1, 0.15) is 232 Å². The minimum atomic E-state index is -1.51. The van der Waals surface area contributed by atoms with Crippen LogP contribution in [0.4, 0.5) is 0 Å². The largest absolute Gasteiger partial charge is 0.477 e. The molecular weight excluding hydrogens is 791 g/mol. The van der Waals surface area contributed by atoms with Crippen LogP contribution in [0.5, 0.6) is 0 Å². The molecule has 0 saturated carbocycles. The number of ether oxygens (including phenoxy) is 4. The number of carbonyl (C=O) groups is 3. The summed E-state index contributed by atoms with van der Waals surface area (Å²) in [6.45, 7) is 4.85. The number of esters is 2. The number of likely N-dealkylation sites (N-methyl/N-ethyl adjacent to an activating group) is 1. The van der Waals surface area contributed by atoms with E-state index in [0.717, 1.165) is 57.8 Å². The van der Waals surface area contributed by atoms with Gasteiger partial charge in [-0.1, -0.05) is 185 Å². The predicted octanol–water partition coefficient (Wildman–Crippen LogP) is 14.6. The fourth-order valence-corrected chi connectivity index (χ4v) is 7.27. The van der Waals surface area contributed by atoms with Crippen LogP contribution in [-0.4, -0.2) is 87.4 Å². The second kappa shape index (κ2) is 46.1. The molecule has 1 N–H and O–H groups in total. The summed E-state index contributed by atoms with van der Waals surface area (Å²) in [5, 5.41) is 9.66. The third kappa shape index (κ3) is 47.3. The van der Waals surface area contributed by atoms with Crippen LogP contribution < -0.4 is 0 Å². The Bertz CT molecular complexity index is 1130. The molecule has 9 heteroatoms. The van der Waals surface area contributed by atoms with Crippen molar-refractivity contribution in [3.05, 3.63) is 36.5 Å². The molecule has 0 aromatic rings. The van der Waals surface area contributed by atoms with Gasteiger partial charge < -0.3 is 28.5 Å². The number of aliphatic carboxylic acids is 1. The Kier molecular flexibility index (Phi) is 44.2. The van der Waals surface area contributed by atoms with Crippen LogP contribution in [0.25, 0.3) is 0 Å². The summed E-state index contributed by atoms with van der Waals surface area (Å²) in [5.74, 6) is -2.02. The number of unbranched alkanes of at least 4 members (excludes halogenated alkanes) is 27. The molecule has 0 amide bonds. The van der Waals surface area contributed by atoms with Gasteiger partial charge in [-0.25, -0.2) is 4.79 Å². The number of carbonyl (C=O) groups excluding carboxylic acids is 2. The van der Waals surface area contributed by atoms with Gasteiger partial charge in [-0.15, -0.1) is 0 Å². The van der Waals surface area contributed by atoms with E-state index < -0.39 is 24.3 Å². The topological polar surface area (TPSA) is 108 Å². The lowest BCUT2D eigenvalue weighted by molar-refractivity contribution is -0.870. The van der Waals surface area contributed by atoms with Gasteiger partial charge in [0, 0.05) is 12.8 Å². The molecule has 0 saturated heterocycles. The zero-order valence-electron chi connectivity index (χ0n) is 41.7. The van der Waals surface area contributed by atoms with Crippen molar-refractivity contribution >= 4 is 17.9 Å². The van der Waals surface area contributed by atoms with Crippen LogP contribution in [0.3, 0.4) is 0 Å². The average Bonchev–Trinajstić information content (AvgIpc) is 3.24. The van der Waals surface area contributed by atoms with Gasteiger partial charge in [-0.05, 0) is 70.6 Å². The lowest BCUT2D eigenvalue weighted by atomic mass is 10.0. The molecule has 0 rings (SSSR count). The third-order valence-electron chi connectivity index (χ3n) is 11.4. The van der Waals surface area contributed by atoms with E-state index in [-0.39, 0.29) is 32.2 Å². The molecule has 0 aliphatic carbocycles. The number of hydrogen-bond acceptors (Lipinski definition) is 7. The summed E-state index contributed by atoms with van der Waals surface area (Å²) < 4.78 is 22.8. The number of carboxylic acid groups (broad SMARTS) is 1. The van der Waals surface area contributed by atoms with Gasteiger partial charge in [-0.2, -0.15) is 0 Å². The van der Waals surface area contributed by atoms with E-state index in [1.54, 1.807) is 0 Å². The molecule has 0 spiro atoms. The maximum Gasteiger partial charge on any atom is 0.361 e. The summed E-state index contributed by atoms with van der Waals surface area (Å²) >= 11 is 0. The summed E-state index contributed by atoms with van der Waals surface area (Å²) in [4.78, 5) is 37.3. The summed E-state index contributed by atoms with van der Waals surface area (Å²) in [5.41, 5.74) is 0. The van der Waals surface area contributed by atoms with Crippen molar-refractivity contribution in [2.24, 2.45) is 0 Å². The van der Waals surface area contributed by atoms with Crippen LogP contribution >= 0.6 is 0 Å². The van der Waals surface area contributed by atoms with Crippen molar-refractivity contribution in [1.29, 1.82) is 0 Å². The quantitative estimate of drug-likeness (QED) is 0.0212. The molecule has 0 aliphatic heterocycles. The maximum atomic E-state index is 12.8. The van der Waals surface area contributed by atoms with E-state index in [1.165, 1.54) is 141 Å². The molecule has 368 valence electrons. The Morgan fingerprint density at radius 3 is 1.30 bits per heavy atom. The molecule has 63 heavy (non-hydrogen) atoms. The van der Waals surface area contributed by atoms with Gasteiger partial charge in [0.2, 0.25) is 0 Å². The number of allylic oxidation sites excluding steroid dienone is 6. The lowest BCUT2D eigenvalue weighted by Crippen LogP contribution is -2.40. The van der Waals surface area contributed by atoms with E-state index in [9.17, 15) is 19.5 Å². The molecule has 2 unspecified atom stereocenters. The standard InChI is InChI=1S/C54H99NO8/c1-6-8-10-12-14-16-18-20-22-23-24-25-26-27-28-29-31-32-34-36-38-40-42-44-51(56)61-48-50(49-62-54(53(58)59)60-47-46-55(3,4)5)63-52(57)45-43-41-39-37-35-33-30-21-19-17-15-13-11-9-7-2/h15,17,21,23-24,30,50,54H,6-14,16,18-20,22,25-29,31-49H2,1-5H3/p+1/b17-15-,24-23-,30-21-. The van der Waals surface area contributed by atoms with Gasteiger partial charge in [-0.3, -0.25) is 9.59 Å². The van der Waals surface area contributed by atoms with Crippen LogP contribution in [0.2, 0.25) is 0 Å². The van der Waals surface area contributed by atoms with Crippen molar-refractivity contribution in [1.82, 2.24) is 0 Å². The first kappa shape index (κ1) is 60.5. The normalized spacial score (nSPS) is 13.1. The molecule has 0 aromatic carbocycles. The highest BCUT2D eigenvalue weighted by Crippen LogP contribution is 2.15. The molecular formula is C54H100NO8+. The van der Waals surface area contributed by atoms with Crippen molar-refractivity contribution in [2.45, 2.75) is 245 Å². The van der Waals surface area contributed by atoms with Gasteiger partial charge in [0.25, 0.3) is 6.29 Å². The summed E-state index contributed by atoms with van der Waals surface area (Å²) in [6.07, 6.45) is 50.7. The number of hydrogen-bond donors (Lipinski definition) is 1. The van der Waals surface area contributed by atoms with Crippen LogP contribution in [0, 0.1) is 0 Å². The minimum Gasteiger partial charge on any atom is -0.477 e. The second-order valence-electron chi connectivity index (χ2n) is 18.8. The molecule has 0 aromatic heterocycles. The molecule has 2 atom stereocenters. The molecule has 0 fully saturated rings. The Morgan fingerprint density at radius 1 is 0.476 bits per heavy atom. The van der Waals surface area contributed by atoms with Gasteiger partial charge in [0.05, 0.1) is 34.4 Å². The molecule has 9 nitrogen and oxygen atoms in total. The first-order valence-electron chi connectivity index (χ1n) is 26.2. The molecule has 0 heterocycles. The van der Waals surface area contributed by atoms with E-state index in [4.69, 9.17) is 18.9 Å². The third-order valence-corrected chi connectivity index (χ3v) is 11.4. The second-order valence-corrected chi connectivity index (χ2v) is 18.8. The Hall–Kier alpha value is -2.49. The van der Waals surface area contributed by atoms with Crippen molar-refractivity contribution in [3.63, 3.8) is 0 Å². The minimum absolute atomic E-state index is 0.185. The Labute approximate surface area is 388 Å². The zero-order chi connectivity index (χ0) is 46.3. The average molecular weight is 891 g/mol. The lowest BCUT2D eigenvalue weighted by Gasteiger charge is -2.25. The number of nitrogens with zero attached hydrogens (tertiary/aromatic N) is 1. The van der Waals surface area contributed by atoms with Crippen LogP contribution in [0.15, 0.2) is 36.5 Å². The highest BCUT2D eigenvalue weighted by molar-refractivity contribution is 5.71. The Balaban J connectivity index is 4.28. The highest BCUT2D eigenvalue weighted by atomic mass is 16.7. The monoisotopic (exact) mass is 891 g/mol. The predicted molar refractivity (Wildman–Crippen MR) is 263 cm³/mol. The fourth-order valence-electron chi connectivity index (χ4n) is 7.27. The van der Waals surface area contributed by atoms with Crippen molar-refractivity contribution < 1.29 is 42.9 Å². The van der Waals surface area contributed by atoms with Gasteiger partial charge in [0.15, 0.2) is 6.10 Å². The first-order valence-corrected chi connectivity index (χ1v) is 26.2. The molecule has 0 radical (unpaired) electrons. The SMILES string of the molecule is CCCCC/C=C\C/C=C\CCCCCCCC(=O)OC(COC(=O)CCCCCCCCCCCCC/C=C\CCCCCCCCCC)COC(OCC[N+](C)(C)C)C(=O)O. The first-order chi connectivity index (χ1) is 30.6.